The first kappa shape index (κ1) is 26.4. The zero-order valence-corrected chi connectivity index (χ0v) is 21.4. The molecule has 0 aromatic heterocycles. The van der Waals surface area contributed by atoms with Crippen molar-refractivity contribution in [3.05, 3.63) is 95.1 Å². The Kier molecular flexibility index (Phi) is 7.76. The Morgan fingerprint density at radius 1 is 1.05 bits per heavy atom. The van der Waals surface area contributed by atoms with Gasteiger partial charge in [0, 0.05) is 49.7 Å². The number of rotatable bonds is 8. The summed E-state index contributed by atoms with van der Waals surface area (Å²) in [5, 5.41) is 17.0. The number of carboxylic acids is 1. The van der Waals surface area contributed by atoms with E-state index in [2.05, 4.69) is 0 Å². The average molecular weight is 514 g/mol. The highest BCUT2D eigenvalue weighted by molar-refractivity contribution is 6.06. The third-order valence-corrected chi connectivity index (χ3v) is 6.88. The molecule has 3 aromatic carbocycles. The topological polar surface area (TPSA) is 131 Å². The van der Waals surface area contributed by atoms with Gasteiger partial charge < -0.3 is 25.5 Å². The molecule has 3 aromatic rings. The number of hydrogen-bond acceptors (Lipinski definition) is 5. The summed E-state index contributed by atoms with van der Waals surface area (Å²) < 4.78 is 0. The second-order valence-corrected chi connectivity index (χ2v) is 9.39. The molecule has 9 heteroatoms. The van der Waals surface area contributed by atoms with Crippen LogP contribution in [-0.4, -0.2) is 60.3 Å². The molecule has 196 valence electrons. The number of benzene rings is 3. The molecule has 9 nitrogen and oxygen atoms in total. The summed E-state index contributed by atoms with van der Waals surface area (Å²) in [6, 6.07) is 21.0. The number of amides is 2. The Balaban J connectivity index is 1.63. The van der Waals surface area contributed by atoms with Crippen LogP contribution < -0.4 is 15.5 Å². The van der Waals surface area contributed by atoms with Crippen molar-refractivity contribution in [1.29, 1.82) is 5.41 Å². The monoisotopic (exact) mass is 513 g/mol. The van der Waals surface area contributed by atoms with Crippen LogP contribution in [0.3, 0.4) is 0 Å². The minimum absolute atomic E-state index is 0.0696. The summed E-state index contributed by atoms with van der Waals surface area (Å²) in [7, 11) is 3.41. The first-order valence-corrected chi connectivity index (χ1v) is 12.3. The van der Waals surface area contributed by atoms with Crippen LogP contribution in [0.15, 0.2) is 72.8 Å². The van der Waals surface area contributed by atoms with E-state index >= 15 is 0 Å². The van der Waals surface area contributed by atoms with E-state index in [1.807, 2.05) is 42.5 Å². The van der Waals surface area contributed by atoms with Gasteiger partial charge in [-0.05, 0) is 47.9 Å². The first-order valence-electron chi connectivity index (χ1n) is 12.3. The van der Waals surface area contributed by atoms with Crippen LogP contribution in [0.4, 0.5) is 11.4 Å². The fourth-order valence-corrected chi connectivity index (χ4v) is 4.67. The molecule has 2 amide bonds. The molecule has 0 fully saturated rings. The molecule has 0 radical (unpaired) electrons. The molecular weight excluding hydrogens is 482 g/mol. The van der Waals surface area contributed by atoms with Crippen molar-refractivity contribution < 1.29 is 19.5 Å². The summed E-state index contributed by atoms with van der Waals surface area (Å²) in [5.74, 6) is -1.58. The van der Waals surface area contributed by atoms with Gasteiger partial charge in [-0.15, -0.1) is 0 Å². The van der Waals surface area contributed by atoms with Gasteiger partial charge in [0.15, 0.2) is 0 Å². The number of carbonyl (C=O) groups is 3. The van der Waals surface area contributed by atoms with Crippen molar-refractivity contribution in [2.24, 2.45) is 5.73 Å². The number of fused-ring (bicyclic) bond motifs is 1. The predicted octanol–water partition coefficient (Wildman–Crippen LogP) is 3.11. The summed E-state index contributed by atoms with van der Waals surface area (Å²) in [4.78, 5) is 43.3. The number of carbonyl (C=O) groups excluding carboxylic acids is 2. The predicted molar refractivity (Wildman–Crippen MR) is 147 cm³/mol. The number of nitrogens with one attached hydrogen (secondary N) is 1. The van der Waals surface area contributed by atoms with Gasteiger partial charge >= 0.3 is 5.97 Å². The van der Waals surface area contributed by atoms with E-state index in [1.54, 1.807) is 54.2 Å². The summed E-state index contributed by atoms with van der Waals surface area (Å²) in [6.07, 6.45) is 0.326. The number of likely N-dealkylation sites (N-methyl/N-ethyl adjacent to an activating group) is 1. The van der Waals surface area contributed by atoms with E-state index in [4.69, 9.17) is 11.1 Å². The Hall–Kier alpha value is -4.66. The van der Waals surface area contributed by atoms with E-state index in [0.29, 0.717) is 36.3 Å². The highest BCUT2D eigenvalue weighted by atomic mass is 16.4. The lowest BCUT2D eigenvalue weighted by Crippen LogP contribution is -2.46. The van der Waals surface area contributed by atoms with Crippen molar-refractivity contribution in [2.75, 3.05) is 30.4 Å². The fourth-order valence-electron chi connectivity index (χ4n) is 4.67. The van der Waals surface area contributed by atoms with Gasteiger partial charge in [-0.3, -0.25) is 19.8 Å². The number of nitrogen functional groups attached to an aromatic ring is 1. The lowest BCUT2D eigenvalue weighted by Gasteiger charge is -2.29. The van der Waals surface area contributed by atoms with Gasteiger partial charge in [-0.2, -0.15) is 0 Å². The van der Waals surface area contributed by atoms with Crippen LogP contribution in [0.25, 0.3) is 0 Å². The van der Waals surface area contributed by atoms with E-state index in [1.165, 1.54) is 4.90 Å². The number of nitrogens with two attached hydrogens (primary N) is 1. The van der Waals surface area contributed by atoms with Crippen molar-refractivity contribution >= 4 is 35.0 Å². The zero-order chi connectivity index (χ0) is 27.4. The maximum Gasteiger partial charge on any atom is 0.305 e. The van der Waals surface area contributed by atoms with Crippen molar-refractivity contribution in [3.63, 3.8) is 0 Å². The number of aliphatic carboxylic acids is 1. The quantitative estimate of drug-likeness (QED) is 0.313. The van der Waals surface area contributed by atoms with Crippen LogP contribution in [-0.2, 0) is 22.6 Å². The standard InChI is InChI=1S/C29H31N5O4/c1-32(28(37)21-10-8-20(9-11-21)27(30)31)23-12-13-24-22(16-23)18-34(15-14-19-6-4-3-5-7-19)29(38)25(33(24)2)17-26(35)36/h3-13,16,25H,14-15,17-18H2,1-2H3,(H3,30,31)(H,35,36). The third kappa shape index (κ3) is 5.67. The number of nitrogens with zero attached hydrogens (tertiary/aromatic N) is 3. The number of anilines is 2. The minimum atomic E-state index is -1.04. The number of carboxylic acid groups (broad SMARTS) is 1. The average Bonchev–Trinajstić information content (AvgIpc) is 3.01. The smallest absolute Gasteiger partial charge is 0.305 e. The summed E-state index contributed by atoms with van der Waals surface area (Å²) >= 11 is 0. The molecule has 4 rings (SSSR count). The Labute approximate surface area is 221 Å². The zero-order valence-electron chi connectivity index (χ0n) is 21.4. The normalized spacial score (nSPS) is 15.0. The number of amidine groups is 1. The van der Waals surface area contributed by atoms with Gasteiger partial charge in [0.2, 0.25) is 5.91 Å². The lowest BCUT2D eigenvalue weighted by molar-refractivity contribution is -0.142. The van der Waals surface area contributed by atoms with Crippen molar-refractivity contribution in [3.8, 4) is 0 Å². The maximum absolute atomic E-state index is 13.5. The molecule has 0 saturated heterocycles. The van der Waals surface area contributed by atoms with E-state index in [-0.39, 0.29) is 24.1 Å². The highest BCUT2D eigenvalue weighted by Crippen LogP contribution is 2.32. The molecule has 4 N–H and O–H groups in total. The van der Waals surface area contributed by atoms with E-state index in [9.17, 15) is 19.5 Å². The Bertz CT molecular complexity index is 1360. The number of hydrogen-bond donors (Lipinski definition) is 3. The second kappa shape index (κ2) is 11.2. The Morgan fingerprint density at radius 3 is 2.34 bits per heavy atom. The van der Waals surface area contributed by atoms with E-state index < -0.39 is 12.0 Å². The first-order chi connectivity index (χ1) is 18.2. The Morgan fingerprint density at radius 2 is 1.71 bits per heavy atom. The van der Waals surface area contributed by atoms with E-state index in [0.717, 1.165) is 16.8 Å². The maximum atomic E-state index is 13.5. The summed E-state index contributed by atoms with van der Waals surface area (Å²) in [6.45, 7) is 0.735. The van der Waals surface area contributed by atoms with Gasteiger partial charge in [0.1, 0.15) is 11.9 Å². The van der Waals surface area contributed by atoms with Gasteiger partial charge in [0.05, 0.1) is 6.42 Å². The van der Waals surface area contributed by atoms with Crippen LogP contribution in [0, 0.1) is 5.41 Å². The molecule has 1 aliphatic heterocycles. The van der Waals surface area contributed by atoms with Crippen molar-refractivity contribution in [2.45, 2.75) is 25.4 Å². The highest BCUT2D eigenvalue weighted by Gasteiger charge is 2.35. The molecule has 0 aliphatic carbocycles. The van der Waals surface area contributed by atoms with Gasteiger partial charge in [0.25, 0.3) is 5.91 Å². The molecular formula is C29H31N5O4. The molecule has 1 aliphatic rings. The lowest BCUT2D eigenvalue weighted by atomic mass is 10.1. The van der Waals surface area contributed by atoms with Crippen molar-refractivity contribution in [1.82, 2.24) is 4.90 Å². The largest absolute Gasteiger partial charge is 0.481 e. The third-order valence-electron chi connectivity index (χ3n) is 6.88. The molecule has 0 spiro atoms. The summed E-state index contributed by atoms with van der Waals surface area (Å²) in [5.41, 5.74) is 9.81. The van der Waals surface area contributed by atoms with Gasteiger partial charge in [-0.25, -0.2) is 0 Å². The molecule has 0 saturated carbocycles. The van der Waals surface area contributed by atoms with Gasteiger partial charge in [-0.1, -0.05) is 42.5 Å². The van der Waals surface area contributed by atoms with Crippen LogP contribution in [0.1, 0.15) is 33.5 Å². The van der Waals surface area contributed by atoms with Crippen LogP contribution in [0.5, 0.6) is 0 Å². The molecule has 1 unspecified atom stereocenters. The molecule has 38 heavy (non-hydrogen) atoms. The van der Waals surface area contributed by atoms with Crippen LogP contribution >= 0.6 is 0 Å². The molecule has 1 atom stereocenters. The fraction of sp³-hybridized carbons (Fsp3) is 0.241. The SMILES string of the molecule is CN(C(=O)c1ccc(C(=N)N)cc1)c1ccc2c(c1)CN(CCc1ccccc1)C(=O)C(CC(=O)O)N2C. The van der Waals surface area contributed by atoms with Crippen LogP contribution in [0.2, 0.25) is 0 Å². The minimum Gasteiger partial charge on any atom is -0.481 e. The molecule has 0 bridgehead atoms. The second-order valence-electron chi connectivity index (χ2n) is 9.39. The molecule has 1 heterocycles.